The van der Waals surface area contributed by atoms with E-state index in [1.807, 2.05) is 0 Å². The van der Waals surface area contributed by atoms with Crippen molar-refractivity contribution in [2.45, 2.75) is 38.1 Å². The van der Waals surface area contributed by atoms with Crippen molar-refractivity contribution in [3.63, 3.8) is 0 Å². The summed E-state index contributed by atoms with van der Waals surface area (Å²) in [4.78, 5) is 20.2. The summed E-state index contributed by atoms with van der Waals surface area (Å²) in [6.45, 7) is 0. The highest BCUT2D eigenvalue weighted by molar-refractivity contribution is 5.69. The van der Waals surface area contributed by atoms with Crippen molar-refractivity contribution in [1.82, 2.24) is 0 Å². The maximum Gasteiger partial charge on any atom is 0.124 e. The summed E-state index contributed by atoms with van der Waals surface area (Å²) in [5.41, 5.74) is 3.38. The zero-order chi connectivity index (χ0) is 10.3. The average Bonchev–Trinajstić information content (AvgIpc) is 2.02. The molecular weight excluding hydrogens is 174 g/mol. The van der Waals surface area contributed by atoms with Gasteiger partial charge in [-0.3, -0.25) is 0 Å². The molecule has 0 radical (unpaired) electrons. The van der Waals surface area contributed by atoms with Gasteiger partial charge in [0, 0.05) is 12.4 Å². The Morgan fingerprint density at radius 2 is 1.77 bits per heavy atom. The number of carboxylic acids is 2. The van der Waals surface area contributed by atoms with Crippen molar-refractivity contribution in [1.29, 1.82) is 0 Å². The van der Waals surface area contributed by atoms with Crippen molar-refractivity contribution in [3.8, 4) is 0 Å². The first-order chi connectivity index (χ1) is 6.04. The van der Waals surface area contributed by atoms with Crippen molar-refractivity contribution in [2.75, 3.05) is 0 Å². The molecule has 0 bridgehead atoms. The van der Waals surface area contributed by atoms with Gasteiger partial charge in [0.05, 0.1) is 5.97 Å². The fourth-order valence-corrected chi connectivity index (χ4v) is 0.955. The minimum absolute atomic E-state index is 0.0349. The number of carboxylic acid groups (broad SMARTS) is 2. The molecule has 0 aliphatic heterocycles. The second-order valence-electron chi connectivity index (χ2n) is 2.99. The summed E-state index contributed by atoms with van der Waals surface area (Å²) in [6, 6.07) is -0.692. The van der Waals surface area contributed by atoms with Crippen LogP contribution in [0.3, 0.4) is 0 Å². The molecule has 76 valence electrons. The van der Waals surface area contributed by atoms with Gasteiger partial charge in [-0.25, -0.2) is 0 Å². The maximum absolute atomic E-state index is 10.2. The number of hydrogen-bond acceptors (Lipinski definition) is 4. The third kappa shape index (κ3) is 7.27. The molecule has 13 heavy (non-hydrogen) atoms. The number of quaternary nitrogens is 1. The van der Waals surface area contributed by atoms with E-state index < -0.39 is 18.0 Å². The number of rotatable bonds is 7. The molecule has 0 aromatic heterocycles. The summed E-state index contributed by atoms with van der Waals surface area (Å²) in [6.07, 6.45) is 2.35. The number of hydrogen-bond donors (Lipinski definition) is 1. The highest BCUT2D eigenvalue weighted by Gasteiger charge is 2.05. The van der Waals surface area contributed by atoms with E-state index in [2.05, 4.69) is 5.73 Å². The van der Waals surface area contributed by atoms with Crippen molar-refractivity contribution in [3.05, 3.63) is 0 Å². The van der Waals surface area contributed by atoms with Crippen LogP contribution in [0.2, 0.25) is 0 Å². The molecule has 0 aromatic rings. The second-order valence-corrected chi connectivity index (χ2v) is 2.99. The first-order valence-corrected chi connectivity index (χ1v) is 4.28. The van der Waals surface area contributed by atoms with E-state index in [0.29, 0.717) is 25.7 Å². The second kappa shape index (κ2) is 6.42. The molecule has 0 saturated heterocycles. The van der Waals surface area contributed by atoms with Crippen LogP contribution >= 0.6 is 0 Å². The summed E-state index contributed by atoms with van der Waals surface area (Å²) in [5, 5.41) is 20.2. The lowest BCUT2D eigenvalue weighted by atomic mass is 10.1. The predicted molar refractivity (Wildman–Crippen MR) is 39.8 cm³/mol. The molecule has 5 heteroatoms. The lowest BCUT2D eigenvalue weighted by Gasteiger charge is -2.08. The Labute approximate surface area is 76.5 Å². The lowest BCUT2D eigenvalue weighted by Crippen LogP contribution is -2.68. The Bertz CT molecular complexity index is 181. The van der Waals surface area contributed by atoms with Crippen LogP contribution in [0.5, 0.6) is 0 Å². The van der Waals surface area contributed by atoms with Gasteiger partial charge in [-0.15, -0.1) is 0 Å². The number of carbonyl (C=O) groups is 2. The largest absolute Gasteiger partial charge is 0.550 e. The van der Waals surface area contributed by atoms with Gasteiger partial charge >= 0.3 is 0 Å². The van der Waals surface area contributed by atoms with Crippen LogP contribution in [-0.4, -0.2) is 18.0 Å². The Morgan fingerprint density at radius 3 is 2.23 bits per heavy atom. The van der Waals surface area contributed by atoms with Crippen LogP contribution < -0.4 is 15.9 Å². The molecule has 0 rings (SSSR count). The summed E-state index contributed by atoms with van der Waals surface area (Å²) < 4.78 is 0. The van der Waals surface area contributed by atoms with E-state index in [4.69, 9.17) is 0 Å². The van der Waals surface area contributed by atoms with Gasteiger partial charge in [0.15, 0.2) is 0 Å². The highest BCUT2D eigenvalue weighted by Crippen LogP contribution is 2.03. The zero-order valence-electron chi connectivity index (χ0n) is 7.45. The molecule has 3 N–H and O–H groups in total. The molecule has 0 aliphatic rings. The molecule has 0 aromatic carbocycles. The summed E-state index contributed by atoms with van der Waals surface area (Å²) >= 11 is 0. The quantitative estimate of drug-likeness (QED) is 0.431. The summed E-state index contributed by atoms with van der Waals surface area (Å²) in [7, 11) is 0. The van der Waals surface area contributed by atoms with Gasteiger partial charge in [0.25, 0.3) is 0 Å². The third-order valence-corrected chi connectivity index (χ3v) is 1.77. The molecule has 0 heterocycles. The minimum atomic E-state index is -1.15. The van der Waals surface area contributed by atoms with E-state index in [1.54, 1.807) is 0 Å². The van der Waals surface area contributed by atoms with Crippen molar-refractivity contribution in [2.24, 2.45) is 0 Å². The van der Waals surface area contributed by atoms with Crippen molar-refractivity contribution < 1.29 is 25.5 Å². The SMILES string of the molecule is [NH3+][C@@H](CCCCCC(=O)[O-])C(=O)[O-]. The van der Waals surface area contributed by atoms with E-state index in [1.165, 1.54) is 0 Å². The minimum Gasteiger partial charge on any atom is -0.550 e. The molecule has 5 nitrogen and oxygen atoms in total. The number of carbonyl (C=O) groups excluding carboxylic acids is 2. The lowest BCUT2D eigenvalue weighted by molar-refractivity contribution is -0.438. The predicted octanol–water partition coefficient (Wildman–Crippen LogP) is -2.95. The van der Waals surface area contributed by atoms with Crippen LogP contribution in [0.4, 0.5) is 0 Å². The molecule has 0 aliphatic carbocycles. The molecule has 0 amide bonds. The van der Waals surface area contributed by atoms with Crippen LogP contribution in [0.15, 0.2) is 0 Å². The first kappa shape index (κ1) is 11.9. The molecule has 0 spiro atoms. The van der Waals surface area contributed by atoms with Gasteiger partial charge in [-0.05, 0) is 19.3 Å². The van der Waals surface area contributed by atoms with Crippen molar-refractivity contribution >= 4 is 11.9 Å². The summed E-state index contributed by atoms with van der Waals surface area (Å²) in [5.74, 6) is -2.22. The molecule has 0 saturated carbocycles. The fraction of sp³-hybridized carbons (Fsp3) is 0.750. The van der Waals surface area contributed by atoms with Gasteiger partial charge in [-0.1, -0.05) is 6.42 Å². The Morgan fingerprint density at radius 1 is 1.15 bits per heavy atom. The van der Waals surface area contributed by atoms with Gasteiger partial charge in [0.2, 0.25) is 0 Å². The third-order valence-electron chi connectivity index (χ3n) is 1.77. The fourth-order valence-electron chi connectivity index (χ4n) is 0.955. The van der Waals surface area contributed by atoms with E-state index in [9.17, 15) is 19.8 Å². The normalized spacial score (nSPS) is 12.4. The smallest absolute Gasteiger partial charge is 0.124 e. The van der Waals surface area contributed by atoms with Crippen LogP contribution in [0.1, 0.15) is 32.1 Å². The van der Waals surface area contributed by atoms with Gasteiger partial charge in [0.1, 0.15) is 6.04 Å². The van der Waals surface area contributed by atoms with Crippen LogP contribution in [0, 0.1) is 0 Å². The van der Waals surface area contributed by atoms with E-state index in [-0.39, 0.29) is 6.42 Å². The van der Waals surface area contributed by atoms with Gasteiger partial charge < -0.3 is 25.5 Å². The topological polar surface area (TPSA) is 108 Å². The zero-order valence-corrected chi connectivity index (χ0v) is 7.45. The van der Waals surface area contributed by atoms with Crippen LogP contribution in [-0.2, 0) is 9.59 Å². The Balaban J connectivity index is 3.26. The molecule has 1 atom stereocenters. The highest BCUT2D eigenvalue weighted by atomic mass is 16.4. The molecular formula is C8H14NO4-. The van der Waals surface area contributed by atoms with Gasteiger partial charge in [-0.2, -0.15) is 0 Å². The number of unbranched alkanes of at least 4 members (excludes halogenated alkanes) is 2. The van der Waals surface area contributed by atoms with Crippen LogP contribution in [0.25, 0.3) is 0 Å². The average molecular weight is 188 g/mol. The molecule has 0 unspecified atom stereocenters. The maximum atomic E-state index is 10.2. The molecule has 0 fully saturated rings. The number of aliphatic carboxylic acids is 2. The standard InChI is InChI=1S/C8H15NO4/c9-6(8(12)13)4-2-1-3-5-7(10)11/h6H,1-5,9H2,(H,10,11)(H,12,13)/p-1/t6-/m0/s1. The Kier molecular flexibility index (Phi) is 5.88. The first-order valence-electron chi connectivity index (χ1n) is 4.28. The van der Waals surface area contributed by atoms with E-state index in [0.717, 1.165) is 0 Å². The Hall–Kier alpha value is -1.10. The monoisotopic (exact) mass is 188 g/mol. The van der Waals surface area contributed by atoms with E-state index >= 15 is 0 Å².